The zero-order chi connectivity index (χ0) is 19.2. The summed E-state index contributed by atoms with van der Waals surface area (Å²) in [6.45, 7) is 1.97. The average Bonchev–Trinajstić information content (AvgIpc) is 2.65. The van der Waals surface area contributed by atoms with Gasteiger partial charge in [-0.15, -0.1) is 0 Å². The molecule has 0 amide bonds. The third-order valence-electron chi connectivity index (χ3n) is 4.11. The molecule has 3 aromatic carbocycles. The van der Waals surface area contributed by atoms with Gasteiger partial charge < -0.3 is 9.84 Å². The van der Waals surface area contributed by atoms with Crippen molar-refractivity contribution in [1.82, 2.24) is 0 Å². The van der Waals surface area contributed by atoms with Crippen molar-refractivity contribution >= 4 is 22.7 Å². The molecule has 27 heavy (non-hydrogen) atoms. The Balaban J connectivity index is 1.88. The lowest BCUT2D eigenvalue weighted by atomic mass is 10.0. The third kappa shape index (κ3) is 5.29. The molecule has 1 N–H and O–H groups in total. The second kappa shape index (κ2) is 8.99. The smallest absolute Gasteiger partial charge is 0.358 e. The lowest BCUT2D eigenvalue weighted by molar-refractivity contribution is -0.598. The van der Waals surface area contributed by atoms with Crippen LogP contribution in [0.1, 0.15) is 17.5 Å². The number of fused-ring (bicyclic) bond motifs is 1. The van der Waals surface area contributed by atoms with E-state index in [4.69, 9.17) is 9.84 Å². The van der Waals surface area contributed by atoms with Gasteiger partial charge >= 0.3 is 33.1 Å². The summed E-state index contributed by atoms with van der Waals surface area (Å²) in [4.78, 5) is 22.9. The van der Waals surface area contributed by atoms with Crippen LogP contribution in [0.15, 0.2) is 60.7 Å². The molecule has 0 heterocycles. The molecule has 0 unspecified atom stereocenters. The van der Waals surface area contributed by atoms with Crippen molar-refractivity contribution in [2.45, 2.75) is 19.8 Å². The Morgan fingerprint density at radius 1 is 1.00 bits per heavy atom. The van der Waals surface area contributed by atoms with E-state index in [1.54, 1.807) is 0 Å². The minimum atomic E-state index is -0.973. The minimum absolute atomic E-state index is 0.0960. The summed E-state index contributed by atoms with van der Waals surface area (Å²) in [6.07, 6.45) is -0.0215. The fraction of sp³-hybridized carbons (Fsp3) is 0.182. The highest BCUT2D eigenvalue weighted by Crippen LogP contribution is 2.19. The molecule has 4 nitrogen and oxygen atoms in total. The summed E-state index contributed by atoms with van der Waals surface area (Å²) in [6, 6.07) is 20.7. The molecule has 0 spiro atoms. The topological polar surface area (TPSA) is 63.6 Å². The van der Waals surface area contributed by atoms with Crippen LogP contribution in [0.4, 0.5) is 0 Å². The number of carboxylic acids is 1. The van der Waals surface area contributed by atoms with Gasteiger partial charge in [0.1, 0.15) is 6.61 Å². The van der Waals surface area contributed by atoms with E-state index in [0.29, 0.717) is 0 Å². The molecule has 0 aliphatic carbocycles. The molecular formula is C22H20IO4+. The van der Waals surface area contributed by atoms with Crippen molar-refractivity contribution in [2.24, 2.45) is 0 Å². The second-order valence-corrected chi connectivity index (χ2v) is 9.13. The van der Waals surface area contributed by atoms with Crippen LogP contribution in [-0.4, -0.2) is 23.7 Å². The maximum absolute atomic E-state index is 12.3. The molecule has 0 fully saturated rings. The largest absolute Gasteiger partial charge is 0.481 e. The number of carbonyl (C=O) groups excluding carboxylic acids is 1. The van der Waals surface area contributed by atoms with Gasteiger partial charge in [-0.2, -0.15) is 0 Å². The van der Waals surface area contributed by atoms with Gasteiger partial charge in [0.25, 0.3) is 0 Å². The van der Waals surface area contributed by atoms with E-state index < -0.39 is 27.2 Å². The molecule has 138 valence electrons. The fourth-order valence-corrected chi connectivity index (χ4v) is 5.30. The van der Waals surface area contributed by atoms with E-state index in [1.807, 2.05) is 24.3 Å². The highest BCUT2D eigenvalue weighted by atomic mass is 127. The number of ether oxygens (including phenoxy) is 1. The normalized spacial score (nSPS) is 10.7. The van der Waals surface area contributed by atoms with Crippen LogP contribution < -0.4 is 21.2 Å². The van der Waals surface area contributed by atoms with E-state index in [9.17, 15) is 9.59 Å². The van der Waals surface area contributed by atoms with E-state index in [2.05, 4.69) is 43.3 Å². The fourth-order valence-electron chi connectivity index (χ4n) is 2.74. The van der Waals surface area contributed by atoms with Crippen LogP contribution in [0.5, 0.6) is 0 Å². The van der Waals surface area contributed by atoms with Gasteiger partial charge in [0, 0.05) is 5.56 Å². The first-order chi connectivity index (χ1) is 13.0. The van der Waals surface area contributed by atoms with Crippen LogP contribution in [0, 0.1) is 14.1 Å². The number of hydrogen-bond acceptors (Lipinski definition) is 3. The molecule has 3 aromatic rings. The van der Waals surface area contributed by atoms with Crippen molar-refractivity contribution in [3.05, 3.63) is 78.9 Å². The maximum atomic E-state index is 12.3. The van der Waals surface area contributed by atoms with Crippen molar-refractivity contribution < 1.29 is 40.6 Å². The van der Waals surface area contributed by atoms with E-state index in [0.717, 1.165) is 16.3 Å². The summed E-state index contributed by atoms with van der Waals surface area (Å²) in [7, 11) is 0. The van der Waals surface area contributed by atoms with E-state index >= 15 is 0 Å². The quantitative estimate of drug-likeness (QED) is 0.407. The van der Waals surface area contributed by atoms with Gasteiger partial charge in [-0.05, 0) is 42.0 Å². The van der Waals surface area contributed by atoms with Crippen LogP contribution in [0.25, 0.3) is 10.8 Å². The van der Waals surface area contributed by atoms with Crippen LogP contribution in [0.3, 0.4) is 0 Å². The molecule has 0 saturated heterocycles. The Bertz CT molecular complexity index is 964. The lowest BCUT2D eigenvalue weighted by Gasteiger charge is -2.07. The number of esters is 1. The minimum Gasteiger partial charge on any atom is -0.481 e. The second-order valence-electron chi connectivity index (χ2n) is 6.18. The third-order valence-corrected chi connectivity index (χ3v) is 7.04. The number of carboxylic acid groups (broad SMARTS) is 1. The van der Waals surface area contributed by atoms with Gasteiger partial charge in [-0.25, -0.2) is 0 Å². The highest BCUT2D eigenvalue weighted by Gasteiger charge is 2.24. The number of hydrogen-bond donors (Lipinski definition) is 1. The van der Waals surface area contributed by atoms with E-state index in [-0.39, 0.29) is 25.4 Å². The monoisotopic (exact) mass is 475 g/mol. The standard InChI is InChI=1S/C22H19IO4/c1-15-6-9-17(10-7-15)23-20-11-8-16-4-2-3-5-18(16)19(20)14-22(26)27-13-12-21(24)25/h2-11H,12-14H2,1H3/p+1. The number of halogens is 1. The average molecular weight is 475 g/mol. The van der Waals surface area contributed by atoms with Crippen molar-refractivity contribution in [1.29, 1.82) is 0 Å². The lowest BCUT2D eigenvalue weighted by Crippen LogP contribution is -3.61. The molecule has 3 rings (SSSR count). The molecule has 0 aliphatic rings. The number of aryl methyl sites for hydroxylation is 1. The molecule has 0 aliphatic heterocycles. The first-order valence-corrected chi connectivity index (χ1v) is 10.8. The maximum Gasteiger partial charge on any atom is 0.358 e. The highest BCUT2D eigenvalue weighted by molar-refractivity contribution is 5.88. The van der Waals surface area contributed by atoms with Gasteiger partial charge in [0.05, 0.1) is 12.8 Å². The number of rotatable bonds is 7. The first kappa shape index (κ1) is 19.4. The summed E-state index contributed by atoms with van der Waals surface area (Å²) >= 11 is -0.439. The Kier molecular flexibility index (Phi) is 6.45. The van der Waals surface area contributed by atoms with Gasteiger partial charge in [-0.3, -0.25) is 9.59 Å². The number of benzene rings is 3. The Hall–Kier alpha value is -2.41. The van der Waals surface area contributed by atoms with Crippen molar-refractivity contribution in [2.75, 3.05) is 6.61 Å². The van der Waals surface area contributed by atoms with E-state index in [1.165, 1.54) is 12.7 Å². The predicted molar refractivity (Wildman–Crippen MR) is 99.4 cm³/mol. The zero-order valence-corrected chi connectivity index (χ0v) is 17.1. The first-order valence-electron chi connectivity index (χ1n) is 8.62. The molecule has 0 saturated carbocycles. The summed E-state index contributed by atoms with van der Waals surface area (Å²) in [5, 5.41) is 10.8. The predicted octanol–water partition coefficient (Wildman–Crippen LogP) is 0.837. The molecular weight excluding hydrogens is 455 g/mol. The van der Waals surface area contributed by atoms with Crippen molar-refractivity contribution in [3.8, 4) is 0 Å². The van der Waals surface area contributed by atoms with Gasteiger partial charge in [0.2, 0.25) is 0 Å². The van der Waals surface area contributed by atoms with Crippen LogP contribution in [-0.2, 0) is 20.7 Å². The summed E-state index contributed by atoms with van der Waals surface area (Å²) in [5.41, 5.74) is 2.21. The molecule has 0 bridgehead atoms. The molecule has 0 aromatic heterocycles. The van der Waals surface area contributed by atoms with Crippen LogP contribution >= 0.6 is 0 Å². The Labute approximate surface area is 168 Å². The van der Waals surface area contributed by atoms with Crippen LogP contribution in [0.2, 0.25) is 0 Å². The summed E-state index contributed by atoms with van der Waals surface area (Å²) in [5.74, 6) is -1.36. The summed E-state index contributed by atoms with van der Waals surface area (Å²) < 4.78 is 7.59. The van der Waals surface area contributed by atoms with Gasteiger partial charge in [0.15, 0.2) is 7.14 Å². The van der Waals surface area contributed by atoms with Gasteiger partial charge in [-0.1, -0.05) is 42.0 Å². The SMILES string of the molecule is Cc1ccc([I+]c2ccc3ccccc3c2CC(=O)OCCC(=O)O)cc1. The Morgan fingerprint density at radius 2 is 1.74 bits per heavy atom. The number of aliphatic carboxylic acids is 1. The Morgan fingerprint density at radius 3 is 2.48 bits per heavy atom. The van der Waals surface area contributed by atoms with Crippen molar-refractivity contribution in [3.63, 3.8) is 0 Å². The number of carbonyl (C=O) groups is 2. The molecule has 5 heteroatoms. The zero-order valence-electron chi connectivity index (χ0n) is 14.9. The molecule has 0 atom stereocenters. The molecule has 0 radical (unpaired) electrons.